The van der Waals surface area contributed by atoms with Gasteiger partial charge < -0.3 is 5.32 Å². The van der Waals surface area contributed by atoms with Crippen molar-refractivity contribution in [3.05, 3.63) is 24.3 Å². The number of nitrogens with zero attached hydrogens (tertiary/aromatic N) is 1. The molecule has 1 aromatic rings. The third-order valence-electron chi connectivity index (χ3n) is 1.83. The minimum atomic E-state index is -0.437. The van der Waals surface area contributed by atoms with Gasteiger partial charge in [0, 0.05) is 24.5 Å². The van der Waals surface area contributed by atoms with E-state index in [0.29, 0.717) is 5.92 Å². The molecule has 0 amide bonds. The Labute approximate surface area is 88.3 Å². The van der Waals surface area contributed by atoms with Gasteiger partial charge in [0.1, 0.15) is 0 Å². The van der Waals surface area contributed by atoms with Crippen molar-refractivity contribution in [1.29, 1.82) is 0 Å². The molecule has 0 aromatic carbocycles. The summed E-state index contributed by atoms with van der Waals surface area (Å²) >= 11 is 1.82. The van der Waals surface area contributed by atoms with E-state index in [-0.39, 0.29) is 0 Å². The predicted octanol–water partition coefficient (Wildman–Crippen LogP) is 2.63. The molecule has 0 aliphatic heterocycles. The zero-order valence-corrected chi connectivity index (χ0v) is 9.27. The van der Waals surface area contributed by atoms with Crippen LogP contribution in [0.4, 0.5) is 10.1 Å². The Bertz CT molecular complexity index is 281. The van der Waals surface area contributed by atoms with Crippen molar-refractivity contribution < 1.29 is 4.39 Å². The summed E-state index contributed by atoms with van der Waals surface area (Å²) in [5.74, 6) is 1.26. The highest BCUT2D eigenvalue weighted by Gasteiger charge is 2.01. The Morgan fingerprint density at radius 1 is 1.64 bits per heavy atom. The predicted molar refractivity (Wildman–Crippen MR) is 60.2 cm³/mol. The fraction of sp³-hybridized carbons (Fsp3) is 0.500. The third kappa shape index (κ3) is 3.96. The molecule has 1 heterocycles. The molecule has 4 heteroatoms. The van der Waals surface area contributed by atoms with Crippen LogP contribution in [0.3, 0.4) is 0 Å². The molecule has 14 heavy (non-hydrogen) atoms. The van der Waals surface area contributed by atoms with Crippen LogP contribution in [0, 0.1) is 11.9 Å². The van der Waals surface area contributed by atoms with Crippen LogP contribution in [0.25, 0.3) is 0 Å². The van der Waals surface area contributed by atoms with Crippen molar-refractivity contribution in [1.82, 2.24) is 4.98 Å². The van der Waals surface area contributed by atoms with Crippen LogP contribution in [-0.2, 0) is 0 Å². The standard InChI is InChI=1S/C10H15FN2S/c1-8(7-14-2)6-13-9-3-4-12-10(11)5-9/h3-5,8H,6-7H2,1-2H3,(H,12,13). The monoisotopic (exact) mass is 214 g/mol. The topological polar surface area (TPSA) is 24.9 Å². The molecule has 1 atom stereocenters. The van der Waals surface area contributed by atoms with Crippen LogP contribution in [0.5, 0.6) is 0 Å². The van der Waals surface area contributed by atoms with Crippen molar-refractivity contribution in [3.63, 3.8) is 0 Å². The number of halogens is 1. The van der Waals surface area contributed by atoms with Crippen LogP contribution in [0.15, 0.2) is 18.3 Å². The summed E-state index contributed by atoms with van der Waals surface area (Å²) in [6.07, 6.45) is 3.56. The van der Waals surface area contributed by atoms with Crippen LogP contribution >= 0.6 is 11.8 Å². The van der Waals surface area contributed by atoms with E-state index in [4.69, 9.17) is 0 Å². The zero-order chi connectivity index (χ0) is 10.4. The van der Waals surface area contributed by atoms with Gasteiger partial charge >= 0.3 is 0 Å². The lowest BCUT2D eigenvalue weighted by atomic mass is 10.2. The van der Waals surface area contributed by atoms with Gasteiger partial charge in [-0.1, -0.05) is 6.92 Å². The molecule has 2 nitrogen and oxygen atoms in total. The van der Waals surface area contributed by atoms with E-state index in [1.807, 2.05) is 11.8 Å². The summed E-state index contributed by atoms with van der Waals surface area (Å²) < 4.78 is 12.7. The van der Waals surface area contributed by atoms with Crippen LogP contribution in [0.1, 0.15) is 6.92 Å². The zero-order valence-electron chi connectivity index (χ0n) is 8.46. The fourth-order valence-corrected chi connectivity index (χ4v) is 1.83. The van der Waals surface area contributed by atoms with Gasteiger partial charge in [0.2, 0.25) is 5.95 Å². The van der Waals surface area contributed by atoms with Crippen molar-refractivity contribution >= 4 is 17.4 Å². The lowest BCUT2D eigenvalue weighted by Gasteiger charge is -2.11. The third-order valence-corrected chi connectivity index (χ3v) is 2.73. The minimum Gasteiger partial charge on any atom is -0.385 e. The normalized spacial score (nSPS) is 12.5. The van der Waals surface area contributed by atoms with Crippen molar-refractivity contribution in [3.8, 4) is 0 Å². The summed E-state index contributed by atoms with van der Waals surface area (Å²) in [6, 6.07) is 3.18. The molecule has 78 valence electrons. The van der Waals surface area contributed by atoms with Gasteiger partial charge in [-0.2, -0.15) is 16.2 Å². The first kappa shape index (κ1) is 11.3. The molecule has 1 unspecified atom stereocenters. The van der Waals surface area contributed by atoms with Crippen LogP contribution in [0.2, 0.25) is 0 Å². The molecule has 0 aliphatic carbocycles. The van der Waals surface area contributed by atoms with E-state index >= 15 is 0 Å². The Morgan fingerprint density at radius 2 is 2.43 bits per heavy atom. The highest BCUT2D eigenvalue weighted by Crippen LogP contribution is 2.09. The maximum Gasteiger partial charge on any atom is 0.214 e. The van der Waals surface area contributed by atoms with E-state index in [0.717, 1.165) is 18.0 Å². The summed E-state index contributed by atoms with van der Waals surface area (Å²) in [5.41, 5.74) is 0.797. The van der Waals surface area contributed by atoms with Crippen molar-refractivity contribution in [2.75, 3.05) is 23.9 Å². The van der Waals surface area contributed by atoms with Gasteiger partial charge in [-0.25, -0.2) is 4.98 Å². The maximum absolute atomic E-state index is 12.7. The van der Waals surface area contributed by atoms with E-state index in [9.17, 15) is 4.39 Å². The molecule has 0 radical (unpaired) electrons. The number of anilines is 1. The lowest BCUT2D eigenvalue weighted by molar-refractivity contribution is 0.584. The number of pyridine rings is 1. The number of hydrogen-bond acceptors (Lipinski definition) is 3. The Kier molecular flexibility index (Phi) is 4.73. The summed E-state index contributed by atoms with van der Waals surface area (Å²) in [4.78, 5) is 3.49. The lowest BCUT2D eigenvalue weighted by Crippen LogP contribution is -2.13. The highest BCUT2D eigenvalue weighted by atomic mass is 32.2. The first-order valence-electron chi connectivity index (χ1n) is 4.56. The number of nitrogens with one attached hydrogen (secondary N) is 1. The molecule has 1 rings (SSSR count). The van der Waals surface area contributed by atoms with Crippen molar-refractivity contribution in [2.24, 2.45) is 5.92 Å². The maximum atomic E-state index is 12.7. The molecule has 0 saturated heterocycles. The van der Waals surface area contributed by atoms with Crippen LogP contribution < -0.4 is 5.32 Å². The first-order chi connectivity index (χ1) is 6.72. The average molecular weight is 214 g/mol. The second kappa shape index (κ2) is 5.86. The highest BCUT2D eigenvalue weighted by molar-refractivity contribution is 7.98. The number of hydrogen-bond donors (Lipinski definition) is 1. The molecule has 0 fully saturated rings. The smallest absolute Gasteiger partial charge is 0.214 e. The Morgan fingerprint density at radius 3 is 3.07 bits per heavy atom. The molecule has 0 saturated carbocycles. The number of rotatable bonds is 5. The van der Waals surface area contributed by atoms with Gasteiger partial charge in [0.15, 0.2) is 0 Å². The fourth-order valence-electron chi connectivity index (χ4n) is 1.15. The Balaban J connectivity index is 2.37. The largest absolute Gasteiger partial charge is 0.385 e. The average Bonchev–Trinajstić information content (AvgIpc) is 2.15. The number of thioether (sulfide) groups is 1. The van der Waals surface area contributed by atoms with E-state index in [2.05, 4.69) is 23.5 Å². The van der Waals surface area contributed by atoms with Gasteiger partial charge in [-0.15, -0.1) is 0 Å². The SMILES string of the molecule is CSCC(C)CNc1ccnc(F)c1. The number of aromatic nitrogens is 1. The molecule has 0 bridgehead atoms. The quantitative estimate of drug-likeness (QED) is 0.763. The second-order valence-electron chi connectivity index (χ2n) is 3.31. The molecule has 0 spiro atoms. The summed E-state index contributed by atoms with van der Waals surface area (Å²) in [7, 11) is 0. The molecule has 1 N–H and O–H groups in total. The van der Waals surface area contributed by atoms with Crippen molar-refractivity contribution in [2.45, 2.75) is 6.92 Å². The van der Waals surface area contributed by atoms with Gasteiger partial charge in [0.05, 0.1) is 0 Å². The van der Waals surface area contributed by atoms with Gasteiger partial charge in [-0.05, 0) is 24.0 Å². The Hall–Kier alpha value is -0.770. The molecule has 1 aromatic heterocycles. The molecular weight excluding hydrogens is 199 g/mol. The minimum absolute atomic E-state index is 0.437. The van der Waals surface area contributed by atoms with E-state index < -0.39 is 5.95 Å². The second-order valence-corrected chi connectivity index (χ2v) is 4.22. The van der Waals surface area contributed by atoms with Gasteiger partial charge in [0.25, 0.3) is 0 Å². The summed E-state index contributed by atoms with van der Waals surface area (Å²) in [5, 5.41) is 3.18. The van der Waals surface area contributed by atoms with Crippen LogP contribution in [-0.4, -0.2) is 23.5 Å². The first-order valence-corrected chi connectivity index (χ1v) is 5.96. The van der Waals surface area contributed by atoms with E-state index in [1.165, 1.54) is 12.3 Å². The summed E-state index contributed by atoms with van der Waals surface area (Å²) in [6.45, 7) is 3.03. The molecular formula is C10H15FN2S. The van der Waals surface area contributed by atoms with Gasteiger partial charge in [-0.3, -0.25) is 0 Å². The molecule has 0 aliphatic rings. The van der Waals surface area contributed by atoms with E-state index in [1.54, 1.807) is 6.07 Å².